The van der Waals surface area contributed by atoms with Crippen LogP contribution < -0.4 is 5.73 Å². The van der Waals surface area contributed by atoms with Crippen molar-refractivity contribution < 1.29 is 13.2 Å². The molecule has 1 aromatic rings. The van der Waals surface area contributed by atoms with Crippen molar-refractivity contribution in [1.29, 1.82) is 0 Å². The van der Waals surface area contributed by atoms with Crippen molar-refractivity contribution in [1.82, 2.24) is 0 Å². The van der Waals surface area contributed by atoms with Crippen LogP contribution >= 0.6 is 24.2 Å². The lowest BCUT2D eigenvalue weighted by molar-refractivity contribution is -0.137. The van der Waals surface area contributed by atoms with E-state index in [1.54, 1.807) is 6.07 Å². The van der Waals surface area contributed by atoms with Crippen molar-refractivity contribution in [3.8, 4) is 0 Å². The summed E-state index contributed by atoms with van der Waals surface area (Å²) >= 11 is 1.53. The summed E-state index contributed by atoms with van der Waals surface area (Å²) in [6, 6.07) is 5.39. The Balaban J connectivity index is 0.00000225. The van der Waals surface area contributed by atoms with E-state index in [-0.39, 0.29) is 12.4 Å². The van der Waals surface area contributed by atoms with E-state index < -0.39 is 11.7 Å². The first kappa shape index (κ1) is 15.6. The monoisotopic (exact) mass is 271 g/mol. The molecule has 1 aromatic carbocycles. The third kappa shape index (κ3) is 5.09. The number of alkyl halides is 3. The van der Waals surface area contributed by atoms with Gasteiger partial charge in [0, 0.05) is 18.1 Å². The third-order valence-corrected chi connectivity index (χ3v) is 2.85. The van der Waals surface area contributed by atoms with E-state index in [0.717, 1.165) is 11.8 Å². The maximum atomic E-state index is 12.3. The molecule has 0 fully saturated rings. The van der Waals surface area contributed by atoms with E-state index in [9.17, 15) is 13.2 Å². The first-order chi connectivity index (χ1) is 7.04. The van der Waals surface area contributed by atoms with Gasteiger partial charge in [-0.25, -0.2) is 0 Å². The van der Waals surface area contributed by atoms with Crippen LogP contribution in [-0.4, -0.2) is 12.3 Å². The minimum atomic E-state index is -4.26. The Morgan fingerprint density at radius 2 is 1.94 bits per heavy atom. The van der Waals surface area contributed by atoms with Gasteiger partial charge < -0.3 is 5.73 Å². The minimum absolute atomic E-state index is 0. The van der Waals surface area contributed by atoms with Gasteiger partial charge in [-0.2, -0.15) is 24.9 Å². The molecule has 0 aliphatic rings. The molecule has 1 nitrogen and oxygen atoms in total. The van der Waals surface area contributed by atoms with Crippen molar-refractivity contribution in [2.75, 3.05) is 12.3 Å². The summed E-state index contributed by atoms with van der Waals surface area (Å²) < 4.78 is 37.0. The molecular weight excluding hydrogens is 259 g/mol. The van der Waals surface area contributed by atoms with E-state index >= 15 is 0 Å². The fourth-order valence-electron chi connectivity index (χ4n) is 1.11. The predicted octanol–water partition coefficient (Wildman–Crippen LogP) is 3.32. The summed E-state index contributed by atoms with van der Waals surface area (Å²) in [5.74, 6) is 1.33. The van der Waals surface area contributed by atoms with Crippen LogP contribution in [0, 0.1) is 0 Å². The molecule has 0 aliphatic carbocycles. The standard InChI is InChI=1S/C10H12F3NS.ClH/c11-10(12,13)9-3-1-2-8(6-9)7-15-5-4-14;/h1-3,6H,4-5,7,14H2;1H. The molecule has 0 aliphatic heterocycles. The van der Waals surface area contributed by atoms with Gasteiger partial charge in [-0.1, -0.05) is 18.2 Å². The molecule has 0 radical (unpaired) electrons. The summed E-state index contributed by atoms with van der Waals surface area (Å²) in [5.41, 5.74) is 5.39. The summed E-state index contributed by atoms with van der Waals surface area (Å²) in [5, 5.41) is 0. The van der Waals surface area contributed by atoms with Gasteiger partial charge in [0.15, 0.2) is 0 Å². The van der Waals surface area contributed by atoms with Gasteiger partial charge in [0.2, 0.25) is 0 Å². The molecule has 1 rings (SSSR count). The zero-order valence-corrected chi connectivity index (χ0v) is 10.1. The maximum absolute atomic E-state index is 12.3. The Bertz CT molecular complexity index is 317. The highest BCUT2D eigenvalue weighted by molar-refractivity contribution is 7.98. The predicted molar refractivity (Wildman–Crippen MR) is 63.9 cm³/mol. The number of halogens is 4. The molecule has 92 valence electrons. The number of hydrogen-bond donors (Lipinski definition) is 1. The summed E-state index contributed by atoms with van der Waals surface area (Å²) in [6.07, 6.45) is -4.26. The van der Waals surface area contributed by atoms with Crippen molar-refractivity contribution in [2.45, 2.75) is 11.9 Å². The number of benzene rings is 1. The highest BCUT2D eigenvalue weighted by Gasteiger charge is 2.30. The largest absolute Gasteiger partial charge is 0.416 e. The van der Waals surface area contributed by atoms with E-state index in [4.69, 9.17) is 5.73 Å². The van der Waals surface area contributed by atoms with Gasteiger partial charge in [-0.3, -0.25) is 0 Å². The average molecular weight is 272 g/mol. The molecule has 2 N–H and O–H groups in total. The Labute approximate surface area is 103 Å². The Hall–Kier alpha value is -0.390. The zero-order chi connectivity index (χ0) is 11.3. The molecule has 0 aromatic heterocycles. The van der Waals surface area contributed by atoms with Gasteiger partial charge >= 0.3 is 6.18 Å². The maximum Gasteiger partial charge on any atom is 0.416 e. The highest BCUT2D eigenvalue weighted by atomic mass is 35.5. The van der Waals surface area contributed by atoms with Crippen molar-refractivity contribution in [3.05, 3.63) is 35.4 Å². The lowest BCUT2D eigenvalue weighted by Gasteiger charge is -2.08. The van der Waals surface area contributed by atoms with Crippen LogP contribution in [0.1, 0.15) is 11.1 Å². The fraction of sp³-hybridized carbons (Fsp3) is 0.400. The van der Waals surface area contributed by atoms with Crippen LogP contribution in [0.2, 0.25) is 0 Å². The van der Waals surface area contributed by atoms with Crippen LogP contribution in [0.5, 0.6) is 0 Å². The van der Waals surface area contributed by atoms with E-state index in [0.29, 0.717) is 17.9 Å². The smallest absolute Gasteiger partial charge is 0.330 e. The Kier molecular flexibility index (Phi) is 6.87. The second kappa shape index (κ2) is 7.04. The quantitative estimate of drug-likeness (QED) is 0.850. The molecule has 6 heteroatoms. The first-order valence-corrected chi connectivity index (χ1v) is 5.63. The molecule has 0 heterocycles. The number of hydrogen-bond acceptors (Lipinski definition) is 2. The van der Waals surface area contributed by atoms with Crippen LogP contribution in [0.4, 0.5) is 13.2 Å². The van der Waals surface area contributed by atoms with Crippen molar-refractivity contribution in [3.63, 3.8) is 0 Å². The summed E-state index contributed by atoms with van der Waals surface area (Å²) in [6.45, 7) is 0.545. The molecular formula is C10H13ClF3NS. The Morgan fingerprint density at radius 1 is 1.25 bits per heavy atom. The molecule has 0 unspecified atom stereocenters. The SMILES string of the molecule is Cl.NCCSCc1cccc(C(F)(F)F)c1. The molecule has 0 atom stereocenters. The van der Waals surface area contributed by atoms with Gasteiger partial charge in [-0.15, -0.1) is 12.4 Å². The van der Waals surface area contributed by atoms with Crippen LogP contribution in [-0.2, 0) is 11.9 Å². The van der Waals surface area contributed by atoms with Crippen LogP contribution in [0.15, 0.2) is 24.3 Å². The van der Waals surface area contributed by atoms with Crippen LogP contribution in [0.25, 0.3) is 0 Å². The first-order valence-electron chi connectivity index (χ1n) is 4.48. The lowest BCUT2D eigenvalue weighted by Crippen LogP contribution is -2.05. The number of rotatable bonds is 4. The second-order valence-corrected chi connectivity index (χ2v) is 4.14. The molecule has 0 saturated carbocycles. The minimum Gasteiger partial charge on any atom is -0.330 e. The average Bonchev–Trinajstić information content (AvgIpc) is 2.17. The van der Waals surface area contributed by atoms with E-state index in [1.807, 2.05) is 0 Å². The number of nitrogens with two attached hydrogens (primary N) is 1. The summed E-state index contributed by atoms with van der Waals surface area (Å²) in [4.78, 5) is 0. The van der Waals surface area contributed by atoms with Gasteiger partial charge in [0.25, 0.3) is 0 Å². The van der Waals surface area contributed by atoms with Crippen molar-refractivity contribution >= 4 is 24.2 Å². The fourth-order valence-corrected chi connectivity index (χ4v) is 1.84. The molecule has 16 heavy (non-hydrogen) atoms. The summed E-state index contributed by atoms with van der Waals surface area (Å²) in [7, 11) is 0. The van der Waals surface area contributed by atoms with E-state index in [1.165, 1.54) is 23.9 Å². The zero-order valence-electron chi connectivity index (χ0n) is 8.46. The Morgan fingerprint density at radius 3 is 2.50 bits per heavy atom. The molecule has 0 amide bonds. The molecule has 0 bridgehead atoms. The number of thioether (sulfide) groups is 1. The van der Waals surface area contributed by atoms with Gasteiger partial charge in [0.1, 0.15) is 0 Å². The molecule has 0 spiro atoms. The van der Waals surface area contributed by atoms with Crippen molar-refractivity contribution in [2.24, 2.45) is 5.73 Å². The lowest BCUT2D eigenvalue weighted by atomic mass is 10.1. The van der Waals surface area contributed by atoms with Gasteiger partial charge in [-0.05, 0) is 11.6 Å². The second-order valence-electron chi connectivity index (χ2n) is 3.04. The molecule has 0 saturated heterocycles. The van der Waals surface area contributed by atoms with E-state index in [2.05, 4.69) is 0 Å². The normalized spacial score (nSPS) is 11.0. The van der Waals surface area contributed by atoms with Gasteiger partial charge in [0.05, 0.1) is 5.56 Å². The highest BCUT2D eigenvalue weighted by Crippen LogP contribution is 2.30. The topological polar surface area (TPSA) is 26.0 Å². The third-order valence-electron chi connectivity index (χ3n) is 1.79. The van der Waals surface area contributed by atoms with Crippen LogP contribution in [0.3, 0.4) is 0 Å².